The molecule has 0 saturated heterocycles. The van der Waals surface area contributed by atoms with Crippen LogP contribution in [0.25, 0.3) is 27.7 Å². The smallest absolute Gasteiger partial charge is 0.335 e. The van der Waals surface area contributed by atoms with Crippen LogP contribution in [0.1, 0.15) is 41.0 Å². The Hall–Kier alpha value is -3.78. The predicted octanol–water partition coefficient (Wildman–Crippen LogP) is 5.39. The van der Waals surface area contributed by atoms with Gasteiger partial charge in [0.05, 0.1) is 23.4 Å². The molecule has 0 radical (unpaired) electrons. The van der Waals surface area contributed by atoms with E-state index in [1.807, 2.05) is 30.7 Å². The van der Waals surface area contributed by atoms with Gasteiger partial charge in [-0.1, -0.05) is 26.0 Å². The van der Waals surface area contributed by atoms with Gasteiger partial charge >= 0.3 is 5.97 Å². The number of fused-ring (bicyclic) bond motifs is 2. The Labute approximate surface area is 208 Å². The van der Waals surface area contributed by atoms with Crippen LogP contribution in [0.4, 0.5) is 4.39 Å². The van der Waals surface area contributed by atoms with Crippen molar-refractivity contribution in [3.8, 4) is 16.8 Å². The second kappa shape index (κ2) is 8.41. The molecule has 1 aliphatic rings. The van der Waals surface area contributed by atoms with Gasteiger partial charge in [0.15, 0.2) is 0 Å². The Morgan fingerprint density at radius 1 is 1.08 bits per heavy atom. The average molecular weight is 505 g/mol. The highest BCUT2D eigenvalue weighted by atomic mass is 32.2. The first-order chi connectivity index (χ1) is 16.9. The minimum absolute atomic E-state index is 0.112. The molecule has 6 nitrogen and oxygen atoms in total. The van der Waals surface area contributed by atoms with Crippen LogP contribution in [0, 0.1) is 5.82 Å². The molecule has 2 heterocycles. The van der Waals surface area contributed by atoms with Crippen molar-refractivity contribution in [2.45, 2.75) is 25.8 Å². The van der Waals surface area contributed by atoms with Gasteiger partial charge in [0.25, 0.3) is 0 Å². The van der Waals surface area contributed by atoms with Crippen molar-refractivity contribution in [2.24, 2.45) is 4.99 Å². The lowest BCUT2D eigenvalue weighted by Crippen LogP contribution is -2.30. The van der Waals surface area contributed by atoms with E-state index in [1.54, 1.807) is 36.4 Å². The minimum atomic E-state index is -3.37. The number of aromatic carboxylic acids is 1. The molecule has 0 unspecified atom stereocenters. The number of sulfone groups is 1. The average Bonchev–Trinajstić information content (AvgIpc) is 3.39. The van der Waals surface area contributed by atoms with Gasteiger partial charge in [-0.2, -0.15) is 0 Å². The van der Waals surface area contributed by atoms with Gasteiger partial charge in [0, 0.05) is 40.2 Å². The third kappa shape index (κ3) is 4.22. The van der Waals surface area contributed by atoms with E-state index in [0.29, 0.717) is 12.2 Å². The highest BCUT2D eigenvalue weighted by molar-refractivity contribution is 7.90. The van der Waals surface area contributed by atoms with Crippen LogP contribution in [0.15, 0.2) is 65.7 Å². The van der Waals surface area contributed by atoms with Gasteiger partial charge in [-0.25, -0.2) is 17.6 Å². The van der Waals surface area contributed by atoms with Crippen molar-refractivity contribution in [1.82, 2.24) is 4.57 Å². The summed E-state index contributed by atoms with van der Waals surface area (Å²) in [5.74, 6) is -1.51. The summed E-state index contributed by atoms with van der Waals surface area (Å²) >= 11 is 0. The Morgan fingerprint density at radius 2 is 1.75 bits per heavy atom. The maximum atomic E-state index is 13.9. The molecule has 1 aromatic heterocycles. The monoisotopic (exact) mass is 504 g/mol. The van der Waals surface area contributed by atoms with E-state index in [-0.39, 0.29) is 17.1 Å². The van der Waals surface area contributed by atoms with Crippen LogP contribution in [0.3, 0.4) is 0 Å². The van der Waals surface area contributed by atoms with Crippen molar-refractivity contribution >= 4 is 32.9 Å². The van der Waals surface area contributed by atoms with Gasteiger partial charge in [-0.15, -0.1) is 0 Å². The number of carboxylic acid groups (broad SMARTS) is 1. The van der Waals surface area contributed by atoms with E-state index in [9.17, 15) is 22.7 Å². The maximum absolute atomic E-state index is 13.9. The predicted molar refractivity (Wildman–Crippen MR) is 140 cm³/mol. The standard InChI is InChI=1S/C28H25FN2O4S/c1-28(2,16-36(3,34)35)26-25(17-4-6-18(7-5-17)27(32)33)23-12-19-14-30-15-20(19)13-24(23)31(26)22-10-8-21(29)9-11-22/h4-13,15H,14,16H2,1-3H3,(H,32,33). The normalized spacial score (nSPS) is 13.3. The molecule has 5 rings (SSSR count). The SMILES string of the molecule is CC(C)(CS(C)(=O)=O)c1c(-c2ccc(C(=O)O)cc2)c2cc3c(cc2n1-c1ccc(F)cc1)C=NC3. The van der Waals surface area contributed by atoms with Crippen LogP contribution in [0.2, 0.25) is 0 Å². The van der Waals surface area contributed by atoms with Crippen molar-refractivity contribution in [2.75, 3.05) is 12.0 Å². The summed E-state index contributed by atoms with van der Waals surface area (Å²) in [7, 11) is -3.37. The van der Waals surface area contributed by atoms with E-state index in [0.717, 1.165) is 38.9 Å². The summed E-state index contributed by atoms with van der Waals surface area (Å²) in [6.07, 6.45) is 3.03. The number of halogens is 1. The topological polar surface area (TPSA) is 88.7 Å². The molecule has 1 N–H and O–H groups in total. The number of nitrogens with zero attached hydrogens (tertiary/aromatic N) is 2. The summed E-state index contributed by atoms with van der Waals surface area (Å²) in [6.45, 7) is 4.31. The van der Waals surface area contributed by atoms with E-state index in [2.05, 4.69) is 11.1 Å². The fraction of sp³-hybridized carbons (Fsp3) is 0.214. The Bertz CT molecular complexity index is 1650. The highest BCUT2D eigenvalue weighted by Crippen LogP contribution is 2.44. The van der Waals surface area contributed by atoms with E-state index in [4.69, 9.17) is 0 Å². The fourth-order valence-corrected chi connectivity index (χ4v) is 6.64. The minimum Gasteiger partial charge on any atom is -0.478 e. The van der Waals surface area contributed by atoms with Crippen molar-refractivity contribution in [3.63, 3.8) is 0 Å². The van der Waals surface area contributed by atoms with E-state index >= 15 is 0 Å². The third-order valence-electron chi connectivity index (χ3n) is 6.49. The largest absolute Gasteiger partial charge is 0.478 e. The van der Waals surface area contributed by atoms with E-state index in [1.165, 1.54) is 18.4 Å². The molecule has 0 fully saturated rings. The first-order valence-electron chi connectivity index (χ1n) is 11.4. The zero-order valence-electron chi connectivity index (χ0n) is 20.1. The van der Waals surface area contributed by atoms with Crippen LogP contribution in [0.5, 0.6) is 0 Å². The molecular formula is C28H25FN2O4S. The molecule has 0 spiro atoms. The molecule has 184 valence electrons. The number of carbonyl (C=O) groups is 1. The summed E-state index contributed by atoms with van der Waals surface area (Å²) < 4.78 is 40.9. The number of aromatic nitrogens is 1. The lowest BCUT2D eigenvalue weighted by Gasteiger charge is -2.28. The van der Waals surface area contributed by atoms with Crippen LogP contribution >= 0.6 is 0 Å². The summed E-state index contributed by atoms with van der Waals surface area (Å²) in [5, 5.41) is 10.3. The molecule has 0 amide bonds. The number of benzene rings is 3. The Kier molecular flexibility index (Phi) is 5.59. The second-order valence-electron chi connectivity index (χ2n) is 9.91. The third-order valence-corrected chi connectivity index (χ3v) is 7.74. The molecule has 36 heavy (non-hydrogen) atoms. The molecular weight excluding hydrogens is 479 g/mol. The van der Waals surface area contributed by atoms with Gasteiger partial charge in [0.2, 0.25) is 0 Å². The number of hydrogen-bond acceptors (Lipinski definition) is 4. The van der Waals surface area contributed by atoms with Crippen molar-refractivity contribution in [1.29, 1.82) is 0 Å². The van der Waals surface area contributed by atoms with Crippen molar-refractivity contribution in [3.05, 3.63) is 88.9 Å². The van der Waals surface area contributed by atoms with Gasteiger partial charge < -0.3 is 9.67 Å². The molecule has 4 aromatic rings. The molecule has 0 atom stereocenters. The van der Waals surface area contributed by atoms with Gasteiger partial charge in [-0.3, -0.25) is 4.99 Å². The van der Waals surface area contributed by atoms with Crippen LogP contribution in [-0.4, -0.2) is 42.3 Å². The zero-order valence-corrected chi connectivity index (χ0v) is 20.9. The van der Waals surface area contributed by atoms with E-state index < -0.39 is 21.2 Å². The Balaban J connectivity index is 1.92. The number of rotatable bonds is 6. The summed E-state index contributed by atoms with van der Waals surface area (Å²) in [6, 6.07) is 16.8. The maximum Gasteiger partial charge on any atom is 0.335 e. The van der Waals surface area contributed by atoms with Crippen LogP contribution in [-0.2, 0) is 21.8 Å². The lowest BCUT2D eigenvalue weighted by molar-refractivity contribution is 0.0697. The molecule has 0 aliphatic carbocycles. The van der Waals surface area contributed by atoms with Crippen molar-refractivity contribution < 1.29 is 22.7 Å². The van der Waals surface area contributed by atoms with Gasteiger partial charge in [0.1, 0.15) is 15.7 Å². The number of aliphatic imine (C=N–C) groups is 1. The molecule has 0 bridgehead atoms. The fourth-order valence-electron chi connectivity index (χ4n) is 5.19. The zero-order chi connectivity index (χ0) is 25.8. The number of carboxylic acids is 1. The molecule has 1 aliphatic heterocycles. The molecule has 8 heteroatoms. The first-order valence-corrected chi connectivity index (χ1v) is 13.5. The number of hydrogen-bond donors (Lipinski definition) is 1. The quantitative estimate of drug-likeness (QED) is 0.381. The Morgan fingerprint density at radius 3 is 2.36 bits per heavy atom. The van der Waals surface area contributed by atoms with Gasteiger partial charge in [-0.05, 0) is 65.2 Å². The second-order valence-corrected chi connectivity index (χ2v) is 12.1. The van der Waals surface area contributed by atoms with Crippen LogP contribution < -0.4 is 0 Å². The first kappa shape index (κ1) is 23.9. The molecule has 3 aromatic carbocycles. The molecule has 0 saturated carbocycles. The summed E-state index contributed by atoms with van der Waals surface area (Å²) in [5.41, 5.74) is 5.20. The summed E-state index contributed by atoms with van der Waals surface area (Å²) in [4.78, 5) is 15.9. The lowest BCUT2D eigenvalue weighted by atomic mass is 9.85. The highest BCUT2D eigenvalue weighted by Gasteiger charge is 2.35.